The van der Waals surface area contributed by atoms with E-state index in [1.54, 1.807) is 18.2 Å². The van der Waals surface area contributed by atoms with Gasteiger partial charge in [0.05, 0.1) is 26.6 Å². The minimum atomic E-state index is -0.683. The average Bonchev–Trinajstić information content (AvgIpc) is 2.65. The number of para-hydroxylation sites is 1. The van der Waals surface area contributed by atoms with Crippen LogP contribution in [0.2, 0.25) is 5.02 Å². The molecule has 136 valence electrons. The summed E-state index contributed by atoms with van der Waals surface area (Å²) in [5, 5.41) is 28.5. The SMILES string of the molecule is O=[N+]([O-])c1ccc(Nc2ccc(Nc3ccccc3)c(Cl)c2)c([N+](=O)[O-])c1. The first kappa shape index (κ1) is 18.2. The monoisotopic (exact) mass is 384 g/mol. The summed E-state index contributed by atoms with van der Waals surface area (Å²) in [6.45, 7) is 0. The summed E-state index contributed by atoms with van der Waals surface area (Å²) in [4.78, 5) is 20.7. The Labute approximate surface area is 158 Å². The van der Waals surface area contributed by atoms with E-state index in [0.29, 0.717) is 16.4 Å². The van der Waals surface area contributed by atoms with Crippen LogP contribution in [0.3, 0.4) is 0 Å². The van der Waals surface area contributed by atoms with Crippen molar-refractivity contribution in [2.24, 2.45) is 0 Å². The zero-order valence-electron chi connectivity index (χ0n) is 13.8. The highest BCUT2D eigenvalue weighted by molar-refractivity contribution is 6.33. The molecule has 0 saturated carbocycles. The molecule has 0 spiro atoms. The minimum absolute atomic E-state index is 0.130. The van der Waals surface area contributed by atoms with Crippen LogP contribution in [0.15, 0.2) is 66.7 Å². The average molecular weight is 385 g/mol. The molecule has 3 aromatic carbocycles. The van der Waals surface area contributed by atoms with Gasteiger partial charge in [0.15, 0.2) is 0 Å². The molecule has 0 fully saturated rings. The van der Waals surface area contributed by atoms with Crippen molar-refractivity contribution in [1.29, 1.82) is 0 Å². The molecule has 2 N–H and O–H groups in total. The predicted molar refractivity (Wildman–Crippen MR) is 104 cm³/mol. The summed E-state index contributed by atoms with van der Waals surface area (Å²) < 4.78 is 0. The second-order valence-corrected chi connectivity index (χ2v) is 5.93. The fourth-order valence-electron chi connectivity index (χ4n) is 2.42. The van der Waals surface area contributed by atoms with Crippen LogP contribution >= 0.6 is 11.6 Å². The van der Waals surface area contributed by atoms with E-state index in [0.717, 1.165) is 11.8 Å². The predicted octanol–water partition coefficient (Wildman–Crippen LogP) is 5.64. The Balaban J connectivity index is 1.85. The zero-order valence-corrected chi connectivity index (χ0v) is 14.5. The van der Waals surface area contributed by atoms with Crippen molar-refractivity contribution < 1.29 is 9.85 Å². The lowest BCUT2D eigenvalue weighted by atomic mass is 10.2. The summed E-state index contributed by atoms with van der Waals surface area (Å²) in [7, 11) is 0. The third-order valence-corrected chi connectivity index (χ3v) is 4.00. The summed E-state index contributed by atoms with van der Waals surface area (Å²) in [6.07, 6.45) is 0. The lowest BCUT2D eigenvalue weighted by Crippen LogP contribution is -1.99. The Morgan fingerprint density at radius 2 is 1.41 bits per heavy atom. The lowest BCUT2D eigenvalue weighted by Gasteiger charge is -2.11. The van der Waals surface area contributed by atoms with Gasteiger partial charge in [0.2, 0.25) is 0 Å². The van der Waals surface area contributed by atoms with Crippen molar-refractivity contribution in [3.8, 4) is 0 Å². The number of non-ortho nitro benzene ring substituents is 1. The van der Waals surface area contributed by atoms with Crippen molar-refractivity contribution in [3.05, 3.63) is 92.0 Å². The Kier molecular flexibility index (Phi) is 5.18. The van der Waals surface area contributed by atoms with E-state index < -0.39 is 15.5 Å². The molecular formula is C18H13ClN4O4. The van der Waals surface area contributed by atoms with Gasteiger partial charge < -0.3 is 10.6 Å². The van der Waals surface area contributed by atoms with Crippen LogP contribution in [-0.2, 0) is 0 Å². The minimum Gasteiger partial charge on any atom is -0.354 e. The molecule has 0 atom stereocenters. The van der Waals surface area contributed by atoms with Crippen LogP contribution in [0.4, 0.5) is 34.1 Å². The van der Waals surface area contributed by atoms with E-state index in [4.69, 9.17) is 11.6 Å². The largest absolute Gasteiger partial charge is 0.354 e. The van der Waals surface area contributed by atoms with Crippen molar-refractivity contribution in [1.82, 2.24) is 0 Å². The molecule has 0 unspecified atom stereocenters. The standard InChI is InChI=1S/C18H13ClN4O4/c19-15-10-13(6-8-16(15)20-12-4-2-1-3-5-12)21-17-9-7-14(22(24)25)11-18(17)23(26)27/h1-11,20-21H. The van der Waals surface area contributed by atoms with E-state index in [9.17, 15) is 20.2 Å². The van der Waals surface area contributed by atoms with E-state index in [1.165, 1.54) is 12.1 Å². The summed E-state index contributed by atoms with van der Waals surface area (Å²) >= 11 is 6.29. The number of anilines is 4. The highest BCUT2D eigenvalue weighted by Crippen LogP contribution is 2.34. The molecule has 0 saturated heterocycles. The number of nitro benzene ring substituents is 2. The summed E-state index contributed by atoms with van der Waals surface area (Å²) in [5.41, 5.74) is 1.43. The third-order valence-electron chi connectivity index (χ3n) is 3.69. The number of nitrogens with one attached hydrogen (secondary N) is 2. The Morgan fingerprint density at radius 3 is 2.04 bits per heavy atom. The molecule has 9 heteroatoms. The normalized spacial score (nSPS) is 10.3. The van der Waals surface area contributed by atoms with Gasteiger partial charge in [0, 0.05) is 17.4 Å². The summed E-state index contributed by atoms with van der Waals surface area (Å²) in [5.74, 6) is 0. The van der Waals surface area contributed by atoms with Crippen molar-refractivity contribution in [2.75, 3.05) is 10.6 Å². The molecule has 0 bridgehead atoms. The van der Waals surface area contributed by atoms with Gasteiger partial charge in [0.1, 0.15) is 5.69 Å². The maximum atomic E-state index is 11.2. The fourth-order valence-corrected chi connectivity index (χ4v) is 2.64. The molecule has 0 aromatic heterocycles. The first-order chi connectivity index (χ1) is 12.9. The molecule has 0 amide bonds. The zero-order chi connectivity index (χ0) is 19.4. The van der Waals surface area contributed by atoms with Crippen LogP contribution in [0.1, 0.15) is 0 Å². The van der Waals surface area contributed by atoms with Crippen molar-refractivity contribution in [3.63, 3.8) is 0 Å². The highest BCUT2D eigenvalue weighted by Gasteiger charge is 2.19. The first-order valence-electron chi connectivity index (χ1n) is 7.75. The number of hydrogen-bond acceptors (Lipinski definition) is 6. The Hall–Kier alpha value is -3.65. The lowest BCUT2D eigenvalue weighted by molar-refractivity contribution is -0.393. The first-order valence-corrected chi connectivity index (χ1v) is 8.13. The van der Waals surface area contributed by atoms with Gasteiger partial charge in [0.25, 0.3) is 11.4 Å². The van der Waals surface area contributed by atoms with Crippen molar-refractivity contribution in [2.45, 2.75) is 0 Å². The quantitative estimate of drug-likeness (QED) is 0.420. The molecule has 3 rings (SSSR count). The number of rotatable bonds is 6. The number of nitro groups is 2. The molecule has 0 aliphatic rings. The number of nitrogens with zero attached hydrogens (tertiary/aromatic N) is 2. The van der Waals surface area contributed by atoms with Crippen LogP contribution in [-0.4, -0.2) is 9.85 Å². The van der Waals surface area contributed by atoms with Gasteiger partial charge in [-0.3, -0.25) is 20.2 Å². The maximum Gasteiger partial charge on any atom is 0.299 e. The van der Waals surface area contributed by atoms with Crippen LogP contribution < -0.4 is 10.6 Å². The van der Waals surface area contributed by atoms with Crippen LogP contribution in [0, 0.1) is 20.2 Å². The van der Waals surface area contributed by atoms with Crippen LogP contribution in [0.25, 0.3) is 0 Å². The van der Waals surface area contributed by atoms with E-state index in [2.05, 4.69) is 10.6 Å². The second kappa shape index (κ2) is 7.71. The molecule has 3 aromatic rings. The molecule has 0 heterocycles. The van der Waals surface area contributed by atoms with Gasteiger partial charge >= 0.3 is 0 Å². The van der Waals surface area contributed by atoms with Gasteiger partial charge in [-0.05, 0) is 36.4 Å². The number of hydrogen-bond donors (Lipinski definition) is 2. The Morgan fingerprint density at radius 1 is 0.741 bits per heavy atom. The van der Waals surface area contributed by atoms with E-state index in [-0.39, 0.29) is 11.4 Å². The van der Waals surface area contributed by atoms with Crippen LogP contribution in [0.5, 0.6) is 0 Å². The second-order valence-electron chi connectivity index (χ2n) is 5.53. The third kappa shape index (κ3) is 4.31. The fraction of sp³-hybridized carbons (Fsp3) is 0. The molecule has 0 aliphatic carbocycles. The van der Waals surface area contributed by atoms with Gasteiger partial charge in [-0.2, -0.15) is 0 Å². The maximum absolute atomic E-state index is 11.2. The van der Waals surface area contributed by atoms with Gasteiger partial charge in [-0.1, -0.05) is 29.8 Å². The van der Waals surface area contributed by atoms with Gasteiger partial charge in [-0.15, -0.1) is 0 Å². The molecule has 27 heavy (non-hydrogen) atoms. The van der Waals surface area contributed by atoms with Crippen molar-refractivity contribution >= 4 is 45.7 Å². The number of benzene rings is 3. The van der Waals surface area contributed by atoms with Gasteiger partial charge in [-0.25, -0.2) is 0 Å². The van der Waals surface area contributed by atoms with E-state index in [1.807, 2.05) is 30.3 Å². The number of halogens is 1. The smallest absolute Gasteiger partial charge is 0.299 e. The topological polar surface area (TPSA) is 110 Å². The molecular weight excluding hydrogens is 372 g/mol. The Bertz CT molecular complexity index is 1010. The molecule has 0 radical (unpaired) electrons. The summed E-state index contributed by atoms with van der Waals surface area (Å²) in [6, 6.07) is 17.9. The highest BCUT2D eigenvalue weighted by atomic mass is 35.5. The van der Waals surface area contributed by atoms with E-state index >= 15 is 0 Å². The molecule has 8 nitrogen and oxygen atoms in total. The molecule has 0 aliphatic heterocycles.